The number of nitriles is 1. The molecule has 1 aliphatic heterocycles. The lowest BCUT2D eigenvalue weighted by atomic mass is 10.0. The molecule has 2 rings (SSSR count). The molecule has 1 atom stereocenters. The van der Waals surface area contributed by atoms with Crippen LogP contribution in [0.5, 0.6) is 0 Å². The molecular formula is C11H15N3O. The SMILES string of the molecule is N#CC1CNCCN1C(=O)C1CC=CC1. The monoisotopic (exact) mass is 205 g/mol. The fourth-order valence-corrected chi connectivity index (χ4v) is 2.14. The second-order valence-electron chi connectivity index (χ2n) is 4.02. The number of piperazine rings is 1. The second kappa shape index (κ2) is 4.45. The normalized spacial score (nSPS) is 26.6. The molecule has 1 N–H and O–H groups in total. The summed E-state index contributed by atoms with van der Waals surface area (Å²) in [6, 6.07) is 1.90. The summed E-state index contributed by atoms with van der Waals surface area (Å²) in [6.07, 6.45) is 5.76. The van der Waals surface area contributed by atoms with E-state index in [-0.39, 0.29) is 17.9 Å². The van der Waals surface area contributed by atoms with Crippen molar-refractivity contribution in [2.75, 3.05) is 19.6 Å². The van der Waals surface area contributed by atoms with Crippen LogP contribution in [0.1, 0.15) is 12.8 Å². The van der Waals surface area contributed by atoms with E-state index in [9.17, 15) is 4.79 Å². The van der Waals surface area contributed by atoms with Gasteiger partial charge in [0.05, 0.1) is 6.07 Å². The van der Waals surface area contributed by atoms with E-state index in [0.717, 1.165) is 19.4 Å². The van der Waals surface area contributed by atoms with Gasteiger partial charge in [0.15, 0.2) is 0 Å². The van der Waals surface area contributed by atoms with E-state index in [0.29, 0.717) is 13.1 Å². The van der Waals surface area contributed by atoms with Crippen LogP contribution in [0.2, 0.25) is 0 Å². The molecule has 4 nitrogen and oxygen atoms in total. The first-order valence-corrected chi connectivity index (χ1v) is 5.38. The third-order valence-corrected chi connectivity index (χ3v) is 3.03. The van der Waals surface area contributed by atoms with Crippen LogP contribution in [-0.2, 0) is 4.79 Å². The number of hydrogen-bond acceptors (Lipinski definition) is 3. The van der Waals surface area contributed by atoms with E-state index in [1.807, 2.05) is 12.2 Å². The molecule has 15 heavy (non-hydrogen) atoms. The van der Waals surface area contributed by atoms with Gasteiger partial charge in [-0.3, -0.25) is 4.79 Å². The van der Waals surface area contributed by atoms with E-state index in [4.69, 9.17) is 5.26 Å². The lowest BCUT2D eigenvalue weighted by molar-refractivity contribution is -0.137. The average Bonchev–Trinajstić information content (AvgIpc) is 2.81. The summed E-state index contributed by atoms with van der Waals surface area (Å²) in [7, 11) is 0. The number of nitrogens with zero attached hydrogens (tertiary/aromatic N) is 2. The Kier molecular flexibility index (Phi) is 3.02. The number of amides is 1. The molecule has 2 aliphatic rings. The molecule has 0 aromatic carbocycles. The largest absolute Gasteiger partial charge is 0.324 e. The molecular weight excluding hydrogens is 190 g/mol. The number of carbonyl (C=O) groups excluding carboxylic acids is 1. The van der Waals surface area contributed by atoms with Gasteiger partial charge >= 0.3 is 0 Å². The lowest BCUT2D eigenvalue weighted by Gasteiger charge is -2.33. The first-order chi connectivity index (χ1) is 7.33. The maximum atomic E-state index is 12.1. The molecule has 1 amide bonds. The second-order valence-corrected chi connectivity index (χ2v) is 4.02. The van der Waals surface area contributed by atoms with Gasteiger partial charge in [-0.2, -0.15) is 5.26 Å². The van der Waals surface area contributed by atoms with Crippen molar-refractivity contribution in [3.8, 4) is 6.07 Å². The van der Waals surface area contributed by atoms with Crippen molar-refractivity contribution in [2.45, 2.75) is 18.9 Å². The summed E-state index contributed by atoms with van der Waals surface area (Å²) in [5, 5.41) is 12.1. The fraction of sp³-hybridized carbons (Fsp3) is 0.636. The Morgan fingerprint density at radius 2 is 2.20 bits per heavy atom. The minimum absolute atomic E-state index is 0.0824. The molecule has 1 unspecified atom stereocenters. The van der Waals surface area contributed by atoms with Crippen molar-refractivity contribution in [1.29, 1.82) is 5.26 Å². The highest BCUT2D eigenvalue weighted by atomic mass is 16.2. The molecule has 0 aromatic heterocycles. The van der Waals surface area contributed by atoms with Crippen LogP contribution in [0.15, 0.2) is 12.2 Å². The average molecular weight is 205 g/mol. The van der Waals surface area contributed by atoms with Crippen molar-refractivity contribution in [1.82, 2.24) is 10.2 Å². The smallest absolute Gasteiger partial charge is 0.227 e. The molecule has 1 heterocycles. The predicted octanol–water partition coefficient (Wildman–Crippen LogP) is 0.277. The number of hydrogen-bond donors (Lipinski definition) is 1. The van der Waals surface area contributed by atoms with Gasteiger partial charge in [-0.15, -0.1) is 0 Å². The summed E-state index contributed by atoms with van der Waals surface area (Å²) in [4.78, 5) is 13.8. The lowest BCUT2D eigenvalue weighted by Crippen LogP contribution is -2.54. The zero-order valence-electron chi connectivity index (χ0n) is 8.65. The molecule has 0 bridgehead atoms. The van der Waals surface area contributed by atoms with Crippen LogP contribution >= 0.6 is 0 Å². The van der Waals surface area contributed by atoms with Crippen molar-refractivity contribution in [2.24, 2.45) is 5.92 Å². The maximum absolute atomic E-state index is 12.1. The molecule has 1 fully saturated rings. The highest BCUT2D eigenvalue weighted by Crippen LogP contribution is 2.21. The predicted molar refractivity (Wildman–Crippen MR) is 55.8 cm³/mol. The van der Waals surface area contributed by atoms with Gasteiger partial charge in [-0.1, -0.05) is 12.2 Å². The van der Waals surface area contributed by atoms with E-state index in [1.165, 1.54) is 0 Å². The van der Waals surface area contributed by atoms with E-state index < -0.39 is 0 Å². The topological polar surface area (TPSA) is 56.1 Å². The highest BCUT2D eigenvalue weighted by Gasteiger charge is 2.31. The quantitative estimate of drug-likeness (QED) is 0.625. The molecule has 0 aromatic rings. The minimum atomic E-state index is -0.285. The molecule has 0 saturated carbocycles. The first-order valence-electron chi connectivity index (χ1n) is 5.38. The standard InChI is InChI=1S/C11H15N3O/c12-7-10-8-13-5-6-14(10)11(15)9-3-1-2-4-9/h1-2,9-10,13H,3-6,8H2. The third-order valence-electron chi connectivity index (χ3n) is 3.03. The number of allylic oxidation sites excluding steroid dienone is 2. The van der Waals surface area contributed by atoms with Crippen molar-refractivity contribution in [3.05, 3.63) is 12.2 Å². The van der Waals surface area contributed by atoms with Crippen molar-refractivity contribution in [3.63, 3.8) is 0 Å². The summed E-state index contributed by atoms with van der Waals surface area (Å²) < 4.78 is 0. The molecule has 0 spiro atoms. The Hall–Kier alpha value is -1.34. The Morgan fingerprint density at radius 3 is 2.87 bits per heavy atom. The van der Waals surface area contributed by atoms with Crippen molar-refractivity contribution < 1.29 is 4.79 Å². The summed E-state index contributed by atoms with van der Waals surface area (Å²) in [6.45, 7) is 2.06. The zero-order valence-corrected chi connectivity index (χ0v) is 8.65. The van der Waals surface area contributed by atoms with Gasteiger partial charge in [0.25, 0.3) is 0 Å². The van der Waals surface area contributed by atoms with Gasteiger partial charge in [0.1, 0.15) is 6.04 Å². The van der Waals surface area contributed by atoms with Crippen LogP contribution in [0.25, 0.3) is 0 Å². The van der Waals surface area contributed by atoms with E-state index in [2.05, 4.69) is 11.4 Å². The Labute approximate surface area is 89.6 Å². The summed E-state index contributed by atoms with van der Waals surface area (Å²) in [5.74, 6) is 0.229. The molecule has 4 heteroatoms. The fourth-order valence-electron chi connectivity index (χ4n) is 2.14. The summed E-state index contributed by atoms with van der Waals surface area (Å²) >= 11 is 0. The van der Waals surface area contributed by atoms with Crippen LogP contribution in [0, 0.1) is 17.2 Å². The molecule has 0 radical (unpaired) electrons. The Balaban J connectivity index is 2.01. The highest BCUT2D eigenvalue weighted by molar-refractivity contribution is 5.80. The molecule has 1 aliphatic carbocycles. The van der Waals surface area contributed by atoms with Gasteiger partial charge in [0, 0.05) is 25.6 Å². The van der Waals surface area contributed by atoms with E-state index >= 15 is 0 Å². The molecule has 1 saturated heterocycles. The number of rotatable bonds is 1. The van der Waals surface area contributed by atoms with Crippen LogP contribution in [-0.4, -0.2) is 36.5 Å². The molecule has 80 valence electrons. The van der Waals surface area contributed by atoms with Crippen molar-refractivity contribution >= 4 is 5.91 Å². The zero-order chi connectivity index (χ0) is 10.7. The van der Waals surface area contributed by atoms with Gasteiger partial charge in [0.2, 0.25) is 5.91 Å². The van der Waals surface area contributed by atoms with Gasteiger partial charge < -0.3 is 10.2 Å². The van der Waals surface area contributed by atoms with Gasteiger partial charge in [-0.25, -0.2) is 0 Å². The maximum Gasteiger partial charge on any atom is 0.227 e. The number of nitrogens with one attached hydrogen (secondary N) is 1. The first kappa shape index (κ1) is 10.2. The minimum Gasteiger partial charge on any atom is -0.324 e. The number of carbonyl (C=O) groups is 1. The van der Waals surface area contributed by atoms with E-state index in [1.54, 1.807) is 4.90 Å². The van der Waals surface area contributed by atoms with Gasteiger partial charge in [-0.05, 0) is 12.8 Å². The van der Waals surface area contributed by atoms with Crippen LogP contribution < -0.4 is 5.32 Å². The summed E-state index contributed by atoms with van der Waals surface area (Å²) in [5.41, 5.74) is 0. The Morgan fingerprint density at radius 1 is 1.47 bits per heavy atom. The third kappa shape index (κ3) is 2.02. The van der Waals surface area contributed by atoms with Crippen LogP contribution in [0.3, 0.4) is 0 Å². The van der Waals surface area contributed by atoms with Crippen LogP contribution in [0.4, 0.5) is 0 Å². The Bertz CT molecular complexity index is 310.